The number of carbonyl (C=O) groups excluding carboxylic acids is 1. The van der Waals surface area contributed by atoms with Crippen LogP contribution in [0, 0.1) is 13.8 Å². The predicted molar refractivity (Wildman–Crippen MR) is 114 cm³/mol. The number of aryl methyl sites for hydroxylation is 3. The molecule has 0 aliphatic carbocycles. The van der Waals surface area contributed by atoms with Gasteiger partial charge in [0.15, 0.2) is 0 Å². The second kappa shape index (κ2) is 8.06. The Morgan fingerprint density at radius 2 is 2.17 bits per heavy atom. The molecule has 0 radical (unpaired) electrons. The molecule has 3 heterocycles. The molecule has 1 aromatic carbocycles. The molecule has 8 heteroatoms. The van der Waals surface area contributed by atoms with E-state index in [4.69, 9.17) is 9.15 Å². The van der Waals surface area contributed by atoms with Crippen molar-refractivity contribution in [3.8, 4) is 5.75 Å². The summed E-state index contributed by atoms with van der Waals surface area (Å²) in [4.78, 5) is 32.3. The summed E-state index contributed by atoms with van der Waals surface area (Å²) in [5, 5.41) is 4.48. The van der Waals surface area contributed by atoms with E-state index in [1.54, 1.807) is 14.0 Å². The number of benzene rings is 1. The Morgan fingerprint density at radius 1 is 1.33 bits per heavy atom. The summed E-state index contributed by atoms with van der Waals surface area (Å²) in [5.74, 6) is 1.37. The van der Waals surface area contributed by atoms with Crippen molar-refractivity contribution in [1.82, 2.24) is 19.9 Å². The summed E-state index contributed by atoms with van der Waals surface area (Å²) < 4.78 is 12.2. The molecule has 8 nitrogen and oxygen atoms in total. The molecule has 0 spiro atoms. The number of aromatic amines is 1. The Balaban J connectivity index is 1.35. The van der Waals surface area contributed by atoms with Crippen LogP contribution in [0.25, 0.3) is 22.0 Å². The largest absolute Gasteiger partial charge is 0.497 e. The second-order valence-corrected chi connectivity index (χ2v) is 7.28. The Hall–Kier alpha value is -3.55. The van der Waals surface area contributed by atoms with Gasteiger partial charge in [-0.15, -0.1) is 0 Å². The summed E-state index contributed by atoms with van der Waals surface area (Å²) in [6.07, 6.45) is 4.27. The maximum absolute atomic E-state index is 12.6. The number of nitrogens with zero attached hydrogens (tertiary/aromatic N) is 2. The van der Waals surface area contributed by atoms with Gasteiger partial charge in [0.1, 0.15) is 23.2 Å². The van der Waals surface area contributed by atoms with E-state index in [1.807, 2.05) is 31.3 Å². The van der Waals surface area contributed by atoms with Crippen molar-refractivity contribution in [3.05, 3.63) is 58.0 Å². The number of carbonyl (C=O) groups is 1. The number of rotatable bonds is 7. The molecule has 30 heavy (non-hydrogen) atoms. The van der Waals surface area contributed by atoms with Crippen molar-refractivity contribution in [2.24, 2.45) is 0 Å². The normalized spacial score (nSPS) is 11.3. The van der Waals surface area contributed by atoms with Gasteiger partial charge in [-0.1, -0.05) is 0 Å². The average Bonchev–Trinajstić information content (AvgIpc) is 3.28. The summed E-state index contributed by atoms with van der Waals surface area (Å²) >= 11 is 0. The first-order chi connectivity index (χ1) is 14.5. The van der Waals surface area contributed by atoms with Gasteiger partial charge in [0, 0.05) is 42.2 Å². The predicted octanol–water partition coefficient (Wildman–Crippen LogP) is 2.85. The Morgan fingerprint density at radius 3 is 2.97 bits per heavy atom. The highest BCUT2D eigenvalue weighted by molar-refractivity contribution is 5.84. The van der Waals surface area contributed by atoms with Crippen LogP contribution in [0.1, 0.15) is 23.3 Å². The van der Waals surface area contributed by atoms with Crippen LogP contribution in [0.15, 0.2) is 39.9 Å². The van der Waals surface area contributed by atoms with Crippen molar-refractivity contribution in [2.75, 3.05) is 13.7 Å². The first kappa shape index (κ1) is 19.8. The zero-order valence-corrected chi connectivity index (χ0v) is 17.2. The van der Waals surface area contributed by atoms with Crippen molar-refractivity contribution in [2.45, 2.75) is 33.2 Å². The fourth-order valence-corrected chi connectivity index (χ4v) is 3.57. The van der Waals surface area contributed by atoms with Gasteiger partial charge in [0.25, 0.3) is 5.56 Å². The fourth-order valence-electron chi connectivity index (χ4n) is 3.57. The summed E-state index contributed by atoms with van der Waals surface area (Å²) in [6.45, 7) is 4.41. The molecular weight excluding hydrogens is 384 g/mol. The van der Waals surface area contributed by atoms with Gasteiger partial charge < -0.3 is 19.5 Å². The van der Waals surface area contributed by atoms with Gasteiger partial charge in [-0.2, -0.15) is 0 Å². The molecule has 2 N–H and O–H groups in total. The summed E-state index contributed by atoms with van der Waals surface area (Å²) in [7, 11) is 1.64. The van der Waals surface area contributed by atoms with E-state index < -0.39 is 0 Å². The fraction of sp³-hybridized carbons (Fsp3) is 0.318. The minimum atomic E-state index is -0.185. The second-order valence-electron chi connectivity index (χ2n) is 7.28. The van der Waals surface area contributed by atoms with Crippen LogP contribution in [0.3, 0.4) is 0 Å². The molecule has 0 fully saturated rings. The molecule has 0 aliphatic rings. The zero-order chi connectivity index (χ0) is 21.3. The van der Waals surface area contributed by atoms with Crippen LogP contribution in [0.2, 0.25) is 0 Å². The maximum Gasteiger partial charge on any atom is 0.264 e. The number of ether oxygens (including phenoxy) is 1. The quantitative estimate of drug-likeness (QED) is 0.490. The standard InChI is InChI=1S/C22H24N4O4/c1-13-14(2)30-21-20(13)22(28)26(12-25-21)9-7-19(27)23-8-6-15-11-24-18-5-4-16(29-3)10-17(15)18/h4-5,10-12,24H,6-9H2,1-3H3,(H,23,27). The molecule has 0 atom stereocenters. The van der Waals surface area contributed by atoms with E-state index >= 15 is 0 Å². The molecule has 4 rings (SSSR count). The lowest BCUT2D eigenvalue weighted by Gasteiger charge is -2.07. The Bertz CT molecular complexity index is 1280. The van der Waals surface area contributed by atoms with E-state index in [1.165, 1.54) is 10.9 Å². The number of H-pyrrole nitrogens is 1. The number of methoxy groups -OCH3 is 1. The van der Waals surface area contributed by atoms with Crippen LogP contribution in [-0.4, -0.2) is 34.1 Å². The number of hydrogen-bond acceptors (Lipinski definition) is 5. The van der Waals surface area contributed by atoms with Crippen molar-refractivity contribution < 1.29 is 13.9 Å². The first-order valence-electron chi connectivity index (χ1n) is 9.83. The highest BCUT2D eigenvalue weighted by Gasteiger charge is 2.14. The van der Waals surface area contributed by atoms with Crippen LogP contribution in [0.4, 0.5) is 0 Å². The Labute approximate surface area is 172 Å². The summed E-state index contributed by atoms with van der Waals surface area (Å²) in [6, 6.07) is 5.87. The van der Waals surface area contributed by atoms with Gasteiger partial charge in [-0.3, -0.25) is 14.2 Å². The molecule has 0 aliphatic heterocycles. The SMILES string of the molecule is COc1ccc2[nH]cc(CCNC(=O)CCn3cnc4oc(C)c(C)c4c3=O)c2c1. The lowest BCUT2D eigenvalue weighted by atomic mass is 10.1. The van der Waals surface area contributed by atoms with Gasteiger partial charge >= 0.3 is 0 Å². The van der Waals surface area contributed by atoms with Gasteiger partial charge in [0.2, 0.25) is 11.6 Å². The molecular formula is C22H24N4O4. The number of fused-ring (bicyclic) bond motifs is 2. The van der Waals surface area contributed by atoms with Gasteiger partial charge in [-0.25, -0.2) is 4.98 Å². The van der Waals surface area contributed by atoms with Crippen molar-refractivity contribution >= 4 is 27.9 Å². The first-order valence-corrected chi connectivity index (χ1v) is 9.83. The van der Waals surface area contributed by atoms with Gasteiger partial charge in [-0.05, 0) is 44.0 Å². The zero-order valence-electron chi connectivity index (χ0n) is 17.2. The third kappa shape index (κ3) is 3.68. The minimum Gasteiger partial charge on any atom is -0.497 e. The highest BCUT2D eigenvalue weighted by atomic mass is 16.5. The lowest BCUT2D eigenvalue weighted by Crippen LogP contribution is -2.29. The minimum absolute atomic E-state index is 0.112. The molecule has 0 unspecified atom stereocenters. The Kier molecular flexibility index (Phi) is 5.31. The van der Waals surface area contributed by atoms with Crippen LogP contribution in [0.5, 0.6) is 5.75 Å². The molecule has 1 amide bonds. The highest BCUT2D eigenvalue weighted by Crippen LogP contribution is 2.23. The van der Waals surface area contributed by atoms with Crippen molar-refractivity contribution in [1.29, 1.82) is 0 Å². The molecule has 3 aromatic heterocycles. The van der Waals surface area contributed by atoms with Gasteiger partial charge in [0.05, 0.1) is 7.11 Å². The lowest BCUT2D eigenvalue weighted by molar-refractivity contribution is -0.121. The van der Waals surface area contributed by atoms with E-state index in [9.17, 15) is 9.59 Å². The van der Waals surface area contributed by atoms with E-state index in [0.29, 0.717) is 29.8 Å². The van der Waals surface area contributed by atoms with E-state index in [-0.39, 0.29) is 24.4 Å². The molecule has 0 bridgehead atoms. The smallest absolute Gasteiger partial charge is 0.264 e. The average molecular weight is 408 g/mol. The van der Waals surface area contributed by atoms with Crippen LogP contribution >= 0.6 is 0 Å². The summed E-state index contributed by atoms with van der Waals surface area (Å²) in [5.41, 5.74) is 3.09. The third-order valence-electron chi connectivity index (χ3n) is 5.43. The number of amides is 1. The number of hydrogen-bond donors (Lipinski definition) is 2. The van der Waals surface area contributed by atoms with E-state index in [2.05, 4.69) is 15.3 Å². The molecule has 0 saturated carbocycles. The number of nitrogens with one attached hydrogen (secondary N) is 2. The van der Waals surface area contributed by atoms with Crippen molar-refractivity contribution in [3.63, 3.8) is 0 Å². The number of furan rings is 1. The maximum atomic E-state index is 12.6. The van der Waals surface area contributed by atoms with Crippen LogP contribution in [-0.2, 0) is 17.8 Å². The number of aromatic nitrogens is 3. The third-order valence-corrected chi connectivity index (χ3v) is 5.43. The molecule has 156 valence electrons. The molecule has 4 aromatic rings. The van der Waals surface area contributed by atoms with E-state index in [0.717, 1.165) is 27.8 Å². The van der Waals surface area contributed by atoms with Crippen LogP contribution < -0.4 is 15.6 Å². The molecule has 0 saturated heterocycles. The topological polar surface area (TPSA) is 102 Å². The monoisotopic (exact) mass is 408 g/mol.